The van der Waals surface area contributed by atoms with Crippen LogP contribution in [0.2, 0.25) is 5.02 Å². The van der Waals surface area contributed by atoms with Gasteiger partial charge in [0.1, 0.15) is 0 Å². The molecule has 0 radical (unpaired) electrons. The number of hydrogen-bond donors (Lipinski definition) is 0. The van der Waals surface area contributed by atoms with Crippen LogP contribution in [0.25, 0.3) is 0 Å². The number of benzene rings is 2. The lowest BCUT2D eigenvalue weighted by Crippen LogP contribution is -2.27. The van der Waals surface area contributed by atoms with Gasteiger partial charge in [0, 0.05) is 11.6 Å². The molecule has 23 heavy (non-hydrogen) atoms. The Hall–Kier alpha value is -1.91. The van der Waals surface area contributed by atoms with E-state index in [0.717, 1.165) is 5.56 Å². The number of carbonyl (C=O) groups excluding carboxylic acids is 1. The van der Waals surface area contributed by atoms with Gasteiger partial charge in [-0.2, -0.15) is 0 Å². The summed E-state index contributed by atoms with van der Waals surface area (Å²) in [4.78, 5) is 13.6. The van der Waals surface area contributed by atoms with E-state index >= 15 is 4.39 Å². The molecule has 1 aliphatic rings. The second-order valence-corrected chi connectivity index (χ2v) is 5.90. The molecule has 0 amide bonds. The van der Waals surface area contributed by atoms with E-state index in [1.807, 2.05) is 30.3 Å². The Labute approximate surface area is 139 Å². The highest BCUT2D eigenvalue weighted by atomic mass is 35.5. The van der Waals surface area contributed by atoms with Crippen LogP contribution in [0.5, 0.6) is 0 Å². The van der Waals surface area contributed by atoms with Gasteiger partial charge >= 0.3 is 5.97 Å². The van der Waals surface area contributed by atoms with Crippen molar-refractivity contribution in [2.45, 2.75) is 25.3 Å². The minimum Gasteiger partial charge on any atom is -0.463 e. The Morgan fingerprint density at radius 2 is 1.87 bits per heavy atom. The van der Waals surface area contributed by atoms with Gasteiger partial charge in [-0.15, -0.1) is 0 Å². The fourth-order valence-corrected chi connectivity index (χ4v) is 2.94. The lowest BCUT2D eigenvalue weighted by molar-refractivity contribution is -0.153. The molecule has 3 unspecified atom stereocenters. The lowest BCUT2D eigenvalue weighted by Gasteiger charge is -2.07. The minimum atomic E-state index is -2.13. The Balaban J connectivity index is 1.88. The van der Waals surface area contributed by atoms with Crippen LogP contribution in [0.4, 0.5) is 4.39 Å². The number of carbonyl (C=O) groups is 1. The van der Waals surface area contributed by atoms with Crippen molar-refractivity contribution in [3.8, 4) is 0 Å². The Morgan fingerprint density at radius 1 is 1.22 bits per heavy atom. The second-order valence-electron chi connectivity index (χ2n) is 5.46. The number of nitrogens with zero attached hydrogens (tertiary/aromatic N) is 1. The van der Waals surface area contributed by atoms with E-state index in [2.05, 4.69) is 0 Å². The monoisotopic (exact) mass is 333 g/mol. The predicted molar refractivity (Wildman–Crippen MR) is 86.7 cm³/mol. The standard InChI is InChI=1S/C18H17ClFNO2/c1-2-23-17(22)18(20)16(14-8-10-15(19)11-9-14)21(18)12-13-6-4-3-5-7-13/h3-11,16H,2,12H2,1H3. The molecule has 0 saturated carbocycles. The van der Waals surface area contributed by atoms with Gasteiger partial charge in [0.2, 0.25) is 0 Å². The second kappa shape index (κ2) is 6.30. The highest BCUT2D eigenvalue weighted by Gasteiger charge is 2.71. The molecule has 3 atom stereocenters. The SMILES string of the molecule is CCOC(=O)C1(F)C(c2ccc(Cl)cc2)N1Cc1ccccc1. The summed E-state index contributed by atoms with van der Waals surface area (Å²) < 4.78 is 20.2. The van der Waals surface area contributed by atoms with Crippen LogP contribution in [0.1, 0.15) is 24.1 Å². The fourth-order valence-electron chi connectivity index (χ4n) is 2.81. The molecule has 1 fully saturated rings. The number of rotatable bonds is 5. The summed E-state index contributed by atoms with van der Waals surface area (Å²) in [5, 5.41) is 0.574. The van der Waals surface area contributed by atoms with E-state index in [9.17, 15) is 4.79 Å². The van der Waals surface area contributed by atoms with Gasteiger partial charge in [-0.3, -0.25) is 0 Å². The summed E-state index contributed by atoms with van der Waals surface area (Å²) >= 11 is 5.89. The van der Waals surface area contributed by atoms with Crippen LogP contribution in [0.3, 0.4) is 0 Å². The molecule has 0 bridgehead atoms. The van der Waals surface area contributed by atoms with Gasteiger partial charge in [-0.1, -0.05) is 54.1 Å². The molecule has 2 aromatic rings. The van der Waals surface area contributed by atoms with Gasteiger partial charge < -0.3 is 4.74 Å². The van der Waals surface area contributed by atoms with Gasteiger partial charge in [-0.25, -0.2) is 14.1 Å². The molecular weight excluding hydrogens is 317 g/mol. The molecule has 2 aromatic carbocycles. The zero-order valence-electron chi connectivity index (χ0n) is 12.7. The number of hydrogen-bond acceptors (Lipinski definition) is 3. The van der Waals surface area contributed by atoms with E-state index in [-0.39, 0.29) is 6.61 Å². The summed E-state index contributed by atoms with van der Waals surface area (Å²) in [6.07, 6.45) is 0. The zero-order valence-corrected chi connectivity index (χ0v) is 13.5. The van der Waals surface area contributed by atoms with Gasteiger partial charge in [-0.05, 0) is 30.2 Å². The van der Waals surface area contributed by atoms with Gasteiger partial charge in [0.15, 0.2) is 0 Å². The van der Waals surface area contributed by atoms with Crippen LogP contribution in [-0.4, -0.2) is 23.3 Å². The van der Waals surface area contributed by atoms with Crippen LogP contribution in [-0.2, 0) is 16.1 Å². The zero-order chi connectivity index (χ0) is 16.4. The molecule has 1 heterocycles. The normalized spacial score (nSPS) is 25.9. The van der Waals surface area contributed by atoms with E-state index in [1.54, 1.807) is 31.2 Å². The molecule has 0 aliphatic carbocycles. The third-order valence-electron chi connectivity index (χ3n) is 3.97. The Kier molecular flexibility index (Phi) is 4.37. The first-order valence-corrected chi connectivity index (χ1v) is 7.87. The van der Waals surface area contributed by atoms with E-state index in [4.69, 9.17) is 16.3 Å². The van der Waals surface area contributed by atoms with Crippen molar-refractivity contribution in [2.75, 3.05) is 6.61 Å². The highest BCUT2D eigenvalue weighted by molar-refractivity contribution is 6.30. The molecule has 120 valence electrons. The summed E-state index contributed by atoms with van der Waals surface area (Å²) in [5.74, 6) is -2.96. The lowest BCUT2D eigenvalue weighted by atomic mass is 10.1. The largest absolute Gasteiger partial charge is 0.463 e. The molecule has 0 aromatic heterocycles. The van der Waals surface area contributed by atoms with Crippen molar-refractivity contribution < 1.29 is 13.9 Å². The van der Waals surface area contributed by atoms with E-state index in [1.165, 1.54) is 4.90 Å². The maximum atomic E-state index is 15.3. The van der Waals surface area contributed by atoms with Crippen molar-refractivity contribution in [1.29, 1.82) is 0 Å². The summed E-state index contributed by atoms with van der Waals surface area (Å²) in [7, 11) is 0. The van der Waals surface area contributed by atoms with Crippen LogP contribution in [0.15, 0.2) is 54.6 Å². The number of alkyl halides is 1. The van der Waals surface area contributed by atoms with Crippen LogP contribution in [0, 0.1) is 0 Å². The summed E-state index contributed by atoms with van der Waals surface area (Å²) in [6, 6.07) is 15.7. The fraction of sp³-hybridized carbons (Fsp3) is 0.278. The van der Waals surface area contributed by atoms with Crippen LogP contribution < -0.4 is 0 Å². The van der Waals surface area contributed by atoms with Gasteiger partial charge in [0.25, 0.3) is 5.79 Å². The quantitative estimate of drug-likeness (QED) is 0.468. The smallest absolute Gasteiger partial charge is 0.361 e. The van der Waals surface area contributed by atoms with Gasteiger partial charge in [0.05, 0.1) is 12.6 Å². The maximum Gasteiger partial charge on any atom is 0.361 e. The average Bonchev–Trinajstić information content (AvgIpc) is 3.15. The highest BCUT2D eigenvalue weighted by Crippen LogP contribution is 2.56. The van der Waals surface area contributed by atoms with Crippen LogP contribution >= 0.6 is 11.6 Å². The predicted octanol–water partition coefficient (Wildman–Crippen LogP) is 4.13. The Bertz CT molecular complexity index is 692. The van der Waals surface area contributed by atoms with E-state index < -0.39 is 17.8 Å². The molecule has 3 nitrogen and oxygen atoms in total. The van der Waals surface area contributed by atoms with Crippen molar-refractivity contribution in [3.63, 3.8) is 0 Å². The topological polar surface area (TPSA) is 29.3 Å². The molecule has 1 aliphatic heterocycles. The molecule has 0 N–H and O–H groups in total. The third kappa shape index (κ3) is 2.96. The van der Waals surface area contributed by atoms with Crippen molar-refractivity contribution >= 4 is 17.6 Å². The number of halogens is 2. The Morgan fingerprint density at radius 3 is 2.48 bits per heavy atom. The number of esters is 1. The maximum absolute atomic E-state index is 15.3. The average molecular weight is 334 g/mol. The van der Waals surface area contributed by atoms with Crippen molar-refractivity contribution in [3.05, 3.63) is 70.7 Å². The van der Waals surface area contributed by atoms with E-state index in [0.29, 0.717) is 17.1 Å². The molecular formula is C18H17ClFNO2. The molecule has 0 spiro atoms. The summed E-state index contributed by atoms with van der Waals surface area (Å²) in [5.41, 5.74) is 1.65. The molecule has 3 rings (SSSR count). The summed E-state index contributed by atoms with van der Waals surface area (Å²) in [6.45, 7) is 2.16. The number of ether oxygens (including phenoxy) is 1. The third-order valence-corrected chi connectivity index (χ3v) is 4.22. The first kappa shape index (κ1) is 16.0. The minimum absolute atomic E-state index is 0.150. The first-order valence-electron chi connectivity index (χ1n) is 7.49. The van der Waals surface area contributed by atoms with Crippen molar-refractivity contribution in [2.24, 2.45) is 0 Å². The molecule has 1 saturated heterocycles. The first-order chi connectivity index (χ1) is 11.1. The molecule has 5 heteroatoms. The van der Waals surface area contributed by atoms with Crippen molar-refractivity contribution in [1.82, 2.24) is 4.90 Å².